The highest BCUT2D eigenvalue weighted by atomic mass is 14.6. The van der Waals surface area contributed by atoms with Crippen LogP contribution in [0.2, 0.25) is 0 Å². The summed E-state index contributed by atoms with van der Waals surface area (Å²) >= 11 is 0. The van der Waals surface area contributed by atoms with Gasteiger partial charge >= 0.3 is 0 Å². The van der Waals surface area contributed by atoms with Crippen molar-refractivity contribution in [2.24, 2.45) is 17.2 Å². The van der Waals surface area contributed by atoms with Gasteiger partial charge in [0, 0.05) is 19.6 Å². The summed E-state index contributed by atoms with van der Waals surface area (Å²) in [5.74, 6) is 1.27. The van der Waals surface area contributed by atoms with E-state index in [9.17, 15) is 0 Å². The normalized spacial score (nSPS) is 12.8. The molecule has 6 N–H and O–H groups in total. The standard InChI is InChI=1S/C35H32N3/c36-21-24-8-5-11-27(18-24)35(28-12-6-9-25(19-28)22-37,29-13-7-10-26(20-29)23-38)34-32-16-3-1-14-30(32)31-15-2-4-17-33(31)34/h1-20H,21-23,36-38H2. The van der Waals surface area contributed by atoms with Crippen LogP contribution in [0.4, 0.5) is 0 Å². The number of nitrogens with two attached hydrogens (primary N) is 3. The molecule has 38 heavy (non-hydrogen) atoms. The molecule has 1 aliphatic carbocycles. The third-order valence-corrected chi connectivity index (χ3v) is 7.85. The largest absolute Gasteiger partial charge is 0.326 e. The molecule has 0 heterocycles. The summed E-state index contributed by atoms with van der Waals surface area (Å²) in [5.41, 5.74) is 29.7. The van der Waals surface area contributed by atoms with Gasteiger partial charge in [0.15, 0.2) is 0 Å². The van der Waals surface area contributed by atoms with Gasteiger partial charge < -0.3 is 17.2 Å². The quantitative estimate of drug-likeness (QED) is 0.241. The monoisotopic (exact) mass is 494 g/mol. The number of benzene rings is 5. The minimum atomic E-state index is -0.635. The molecule has 0 atom stereocenters. The lowest BCUT2D eigenvalue weighted by Gasteiger charge is -2.42. The van der Waals surface area contributed by atoms with E-state index in [2.05, 4.69) is 121 Å². The fourth-order valence-electron chi connectivity index (χ4n) is 6.15. The first-order valence-corrected chi connectivity index (χ1v) is 13.2. The Morgan fingerprint density at radius 1 is 0.395 bits per heavy atom. The molecule has 6 rings (SSSR count). The van der Waals surface area contributed by atoms with Crippen LogP contribution in [0, 0.1) is 5.92 Å². The van der Waals surface area contributed by atoms with Crippen LogP contribution >= 0.6 is 0 Å². The Kier molecular flexibility index (Phi) is 6.42. The van der Waals surface area contributed by atoms with Gasteiger partial charge in [-0.25, -0.2) is 0 Å². The zero-order valence-corrected chi connectivity index (χ0v) is 21.4. The van der Waals surface area contributed by atoms with E-state index in [1.165, 1.54) is 44.9 Å². The Balaban J connectivity index is 1.80. The van der Waals surface area contributed by atoms with E-state index >= 15 is 0 Å². The molecule has 5 aromatic carbocycles. The number of fused-ring (bicyclic) bond motifs is 3. The minimum Gasteiger partial charge on any atom is -0.326 e. The SMILES string of the molecule is NCc1cccc(C([C]2c3ccccc3-c3ccccc32)(c2cccc(CN)c2)c2cccc(CN)c2)c1. The smallest absolute Gasteiger partial charge is 0.0601 e. The predicted octanol–water partition coefficient (Wildman–Crippen LogP) is 6.05. The summed E-state index contributed by atoms with van der Waals surface area (Å²) in [6.07, 6.45) is 0. The van der Waals surface area contributed by atoms with E-state index in [0.29, 0.717) is 19.6 Å². The Hall–Kier alpha value is -4.02. The zero-order chi connectivity index (χ0) is 26.1. The lowest BCUT2D eigenvalue weighted by molar-refractivity contribution is 0.673. The summed E-state index contributed by atoms with van der Waals surface area (Å²) in [6, 6.07) is 43.7. The van der Waals surface area contributed by atoms with Gasteiger partial charge in [0.1, 0.15) is 0 Å². The molecule has 0 saturated heterocycles. The number of rotatable bonds is 7. The van der Waals surface area contributed by atoms with E-state index < -0.39 is 5.41 Å². The fraction of sp³-hybridized carbons (Fsp3) is 0.114. The fourth-order valence-corrected chi connectivity index (χ4v) is 6.15. The first-order valence-electron chi connectivity index (χ1n) is 13.2. The van der Waals surface area contributed by atoms with Crippen molar-refractivity contribution in [3.8, 4) is 11.1 Å². The number of hydrogen-bond acceptors (Lipinski definition) is 3. The number of hydrogen-bond donors (Lipinski definition) is 3. The topological polar surface area (TPSA) is 78.1 Å². The Labute approximate surface area is 224 Å². The highest BCUT2D eigenvalue weighted by molar-refractivity contribution is 5.88. The highest BCUT2D eigenvalue weighted by Crippen LogP contribution is 2.58. The van der Waals surface area contributed by atoms with E-state index in [1.807, 2.05) is 0 Å². The molecule has 0 unspecified atom stereocenters. The maximum Gasteiger partial charge on any atom is 0.0601 e. The Morgan fingerprint density at radius 2 is 0.737 bits per heavy atom. The van der Waals surface area contributed by atoms with Gasteiger partial charge in [0.05, 0.1) is 11.3 Å². The van der Waals surface area contributed by atoms with Crippen LogP contribution in [-0.2, 0) is 25.0 Å². The van der Waals surface area contributed by atoms with Crippen LogP contribution in [0.25, 0.3) is 11.1 Å². The van der Waals surface area contributed by atoms with Crippen LogP contribution in [0.3, 0.4) is 0 Å². The zero-order valence-electron chi connectivity index (χ0n) is 21.4. The predicted molar refractivity (Wildman–Crippen MR) is 156 cm³/mol. The molecule has 0 spiro atoms. The molecular weight excluding hydrogens is 462 g/mol. The lowest BCUT2D eigenvalue weighted by atomic mass is 9.58. The third kappa shape index (κ3) is 3.79. The van der Waals surface area contributed by atoms with Crippen molar-refractivity contribution >= 4 is 0 Å². The molecule has 0 bridgehead atoms. The van der Waals surface area contributed by atoms with Crippen molar-refractivity contribution in [3.05, 3.63) is 172 Å². The Morgan fingerprint density at radius 3 is 1.08 bits per heavy atom. The lowest BCUT2D eigenvalue weighted by Crippen LogP contribution is -2.37. The van der Waals surface area contributed by atoms with Crippen molar-refractivity contribution in [3.63, 3.8) is 0 Å². The summed E-state index contributed by atoms with van der Waals surface area (Å²) in [5, 5.41) is 0. The van der Waals surface area contributed by atoms with E-state index in [-0.39, 0.29) is 0 Å². The molecule has 0 saturated carbocycles. The van der Waals surface area contributed by atoms with Crippen molar-refractivity contribution in [2.45, 2.75) is 25.0 Å². The maximum absolute atomic E-state index is 6.20. The van der Waals surface area contributed by atoms with Gasteiger partial charge in [-0.3, -0.25) is 0 Å². The Bertz CT molecular complexity index is 1440. The van der Waals surface area contributed by atoms with Crippen molar-refractivity contribution < 1.29 is 0 Å². The third-order valence-electron chi connectivity index (χ3n) is 7.85. The van der Waals surface area contributed by atoms with Crippen molar-refractivity contribution in [2.75, 3.05) is 0 Å². The summed E-state index contributed by atoms with van der Waals surface area (Å²) in [4.78, 5) is 0. The van der Waals surface area contributed by atoms with Gasteiger partial charge in [-0.2, -0.15) is 0 Å². The molecule has 1 aliphatic rings. The molecule has 3 heteroatoms. The van der Waals surface area contributed by atoms with Crippen LogP contribution in [0.1, 0.15) is 44.5 Å². The molecule has 0 amide bonds. The molecule has 0 aliphatic heterocycles. The molecule has 187 valence electrons. The van der Waals surface area contributed by atoms with Crippen LogP contribution < -0.4 is 17.2 Å². The van der Waals surface area contributed by atoms with Gasteiger partial charge in [0.25, 0.3) is 0 Å². The molecule has 3 nitrogen and oxygen atoms in total. The second kappa shape index (κ2) is 10.0. The first-order chi connectivity index (χ1) is 18.7. The van der Waals surface area contributed by atoms with Crippen LogP contribution in [-0.4, -0.2) is 0 Å². The second-order valence-electron chi connectivity index (χ2n) is 9.93. The van der Waals surface area contributed by atoms with Gasteiger partial charge in [-0.1, -0.05) is 121 Å². The summed E-state index contributed by atoms with van der Waals surface area (Å²) in [6.45, 7) is 1.41. The average Bonchev–Trinajstić information content (AvgIpc) is 3.33. The van der Waals surface area contributed by atoms with Crippen LogP contribution in [0.15, 0.2) is 121 Å². The molecule has 5 aromatic rings. The molecule has 1 radical (unpaired) electrons. The molecule has 0 fully saturated rings. The molecular formula is C35H32N3. The first kappa shape index (κ1) is 24.3. The van der Waals surface area contributed by atoms with Gasteiger partial charge in [0.2, 0.25) is 0 Å². The van der Waals surface area contributed by atoms with E-state index in [4.69, 9.17) is 17.2 Å². The second-order valence-corrected chi connectivity index (χ2v) is 9.93. The average molecular weight is 495 g/mol. The van der Waals surface area contributed by atoms with E-state index in [0.717, 1.165) is 16.7 Å². The van der Waals surface area contributed by atoms with Gasteiger partial charge in [-0.15, -0.1) is 0 Å². The highest BCUT2D eigenvalue weighted by Gasteiger charge is 2.49. The minimum absolute atomic E-state index is 0.470. The maximum atomic E-state index is 6.20. The van der Waals surface area contributed by atoms with Crippen molar-refractivity contribution in [1.29, 1.82) is 0 Å². The van der Waals surface area contributed by atoms with E-state index in [1.54, 1.807) is 0 Å². The van der Waals surface area contributed by atoms with Gasteiger partial charge in [-0.05, 0) is 55.6 Å². The summed E-state index contributed by atoms with van der Waals surface area (Å²) < 4.78 is 0. The molecule has 0 aromatic heterocycles. The van der Waals surface area contributed by atoms with Crippen molar-refractivity contribution in [1.82, 2.24) is 0 Å². The van der Waals surface area contributed by atoms with Crippen LogP contribution in [0.5, 0.6) is 0 Å². The summed E-state index contributed by atoms with van der Waals surface area (Å²) in [7, 11) is 0.